The first-order chi connectivity index (χ1) is 15.1. The van der Waals surface area contributed by atoms with Crippen LogP contribution in [-0.2, 0) is 9.53 Å². The molecule has 0 saturated heterocycles. The van der Waals surface area contributed by atoms with Gasteiger partial charge in [0.1, 0.15) is 17.4 Å². The van der Waals surface area contributed by atoms with Gasteiger partial charge in [0.25, 0.3) is 5.91 Å². The second-order valence-electron chi connectivity index (χ2n) is 6.96. The van der Waals surface area contributed by atoms with Gasteiger partial charge in [-0.2, -0.15) is 5.26 Å². The van der Waals surface area contributed by atoms with Gasteiger partial charge >= 0.3 is 5.97 Å². The van der Waals surface area contributed by atoms with Gasteiger partial charge in [-0.1, -0.05) is 38.8 Å². The first kappa shape index (κ1) is 23.7. The zero-order chi connectivity index (χ0) is 22.5. The Kier molecular flexibility index (Phi) is 9.83. The van der Waals surface area contributed by atoms with Crippen LogP contribution in [-0.4, -0.2) is 25.1 Å². The third-order valence-corrected chi connectivity index (χ3v) is 4.39. The van der Waals surface area contributed by atoms with Gasteiger partial charge in [-0.3, -0.25) is 4.79 Å². The molecule has 2 aromatic rings. The lowest BCUT2D eigenvalue weighted by atomic mass is 10.1. The molecule has 0 atom stereocenters. The van der Waals surface area contributed by atoms with Gasteiger partial charge in [0.05, 0.1) is 18.8 Å². The Morgan fingerprint density at radius 2 is 1.68 bits per heavy atom. The summed E-state index contributed by atoms with van der Waals surface area (Å²) in [5.74, 6) is -0.174. The van der Waals surface area contributed by atoms with E-state index in [-0.39, 0.29) is 5.57 Å². The van der Waals surface area contributed by atoms with Crippen molar-refractivity contribution < 1.29 is 19.1 Å². The molecule has 31 heavy (non-hydrogen) atoms. The second-order valence-corrected chi connectivity index (χ2v) is 6.96. The van der Waals surface area contributed by atoms with Crippen LogP contribution < -0.4 is 10.1 Å². The molecule has 1 amide bonds. The number of amides is 1. The molecule has 0 aliphatic heterocycles. The fraction of sp³-hybridized carbons (Fsp3) is 0.320. The number of unbranched alkanes of at least 4 members (excludes halogenated alkanes) is 2. The number of anilines is 1. The fourth-order valence-electron chi connectivity index (χ4n) is 2.68. The summed E-state index contributed by atoms with van der Waals surface area (Å²) in [7, 11) is 0. The van der Waals surface area contributed by atoms with Gasteiger partial charge in [0, 0.05) is 5.69 Å². The first-order valence-electron chi connectivity index (χ1n) is 10.5. The third kappa shape index (κ3) is 7.98. The van der Waals surface area contributed by atoms with E-state index in [1.807, 2.05) is 13.0 Å². The number of rotatable bonds is 11. The number of esters is 1. The minimum atomic E-state index is -0.524. The fourth-order valence-corrected chi connectivity index (χ4v) is 2.68. The second kappa shape index (κ2) is 12.9. The van der Waals surface area contributed by atoms with Crippen molar-refractivity contribution in [2.75, 3.05) is 18.5 Å². The number of hydrogen-bond acceptors (Lipinski definition) is 5. The van der Waals surface area contributed by atoms with Gasteiger partial charge in [-0.15, -0.1) is 0 Å². The highest BCUT2D eigenvalue weighted by Gasteiger charge is 2.11. The number of nitrogens with zero attached hydrogens (tertiary/aromatic N) is 1. The molecule has 6 heteroatoms. The summed E-state index contributed by atoms with van der Waals surface area (Å²) in [5, 5.41) is 12.1. The van der Waals surface area contributed by atoms with E-state index in [1.54, 1.807) is 48.5 Å². The van der Waals surface area contributed by atoms with Crippen LogP contribution in [0.25, 0.3) is 6.08 Å². The van der Waals surface area contributed by atoms with Crippen molar-refractivity contribution in [1.29, 1.82) is 5.26 Å². The van der Waals surface area contributed by atoms with Gasteiger partial charge in [0.2, 0.25) is 0 Å². The van der Waals surface area contributed by atoms with Crippen LogP contribution in [0.5, 0.6) is 5.75 Å². The Labute approximate surface area is 183 Å². The summed E-state index contributed by atoms with van der Waals surface area (Å²) >= 11 is 0. The van der Waals surface area contributed by atoms with E-state index in [4.69, 9.17) is 9.47 Å². The average Bonchev–Trinajstić information content (AvgIpc) is 2.80. The Hall–Kier alpha value is -3.59. The molecule has 1 N–H and O–H groups in total. The topological polar surface area (TPSA) is 88.4 Å². The number of hydrogen-bond donors (Lipinski definition) is 1. The molecule has 2 aromatic carbocycles. The maximum Gasteiger partial charge on any atom is 0.338 e. The maximum atomic E-state index is 12.5. The number of ether oxygens (including phenoxy) is 2. The van der Waals surface area contributed by atoms with Crippen LogP contribution in [0.1, 0.15) is 55.5 Å². The quantitative estimate of drug-likeness (QED) is 0.229. The summed E-state index contributed by atoms with van der Waals surface area (Å²) in [6, 6.07) is 15.5. The number of nitrogens with one attached hydrogen (secondary N) is 1. The highest BCUT2D eigenvalue weighted by atomic mass is 16.5. The van der Waals surface area contributed by atoms with Crippen LogP contribution in [0.4, 0.5) is 5.69 Å². The largest absolute Gasteiger partial charge is 0.494 e. The monoisotopic (exact) mass is 420 g/mol. The number of carbonyl (C=O) groups excluding carboxylic acids is 2. The van der Waals surface area contributed by atoms with E-state index in [1.165, 1.54) is 6.08 Å². The lowest BCUT2D eigenvalue weighted by Crippen LogP contribution is -2.13. The molecule has 0 spiro atoms. The summed E-state index contributed by atoms with van der Waals surface area (Å²) in [4.78, 5) is 24.5. The molecule has 0 aliphatic carbocycles. The number of carbonyl (C=O) groups is 2. The Bertz CT molecular complexity index is 925. The van der Waals surface area contributed by atoms with E-state index in [2.05, 4.69) is 12.2 Å². The van der Waals surface area contributed by atoms with Crippen LogP contribution in [0, 0.1) is 11.3 Å². The van der Waals surface area contributed by atoms with E-state index >= 15 is 0 Å². The summed E-state index contributed by atoms with van der Waals surface area (Å²) in [5.41, 5.74) is 1.59. The number of nitriles is 1. The smallest absolute Gasteiger partial charge is 0.338 e. The number of benzene rings is 2. The van der Waals surface area contributed by atoms with Gasteiger partial charge < -0.3 is 14.8 Å². The molecule has 0 radical (unpaired) electrons. The normalized spacial score (nSPS) is 10.8. The Morgan fingerprint density at radius 1 is 0.968 bits per heavy atom. The predicted molar refractivity (Wildman–Crippen MR) is 121 cm³/mol. The highest BCUT2D eigenvalue weighted by molar-refractivity contribution is 6.09. The molecule has 0 aromatic heterocycles. The van der Waals surface area contributed by atoms with Crippen LogP contribution >= 0.6 is 0 Å². The average molecular weight is 421 g/mol. The van der Waals surface area contributed by atoms with Crippen LogP contribution in [0.15, 0.2) is 54.1 Å². The molecular weight excluding hydrogens is 392 g/mol. The SMILES string of the molecule is CCCCCOC(=O)c1ccc(NC(=O)/C(C#N)=C/c2ccc(OCCC)cc2)cc1. The van der Waals surface area contributed by atoms with Gasteiger partial charge in [-0.05, 0) is 60.9 Å². The lowest BCUT2D eigenvalue weighted by Gasteiger charge is -2.07. The summed E-state index contributed by atoms with van der Waals surface area (Å²) in [6.07, 6.45) is 5.35. The minimum absolute atomic E-state index is 0.0263. The zero-order valence-electron chi connectivity index (χ0n) is 18.0. The van der Waals surface area contributed by atoms with Crippen molar-refractivity contribution >= 4 is 23.6 Å². The molecule has 0 heterocycles. The van der Waals surface area contributed by atoms with E-state index in [9.17, 15) is 14.9 Å². The predicted octanol–water partition coefficient (Wildman–Crippen LogP) is 5.37. The standard InChI is InChI=1S/C25H28N2O4/c1-3-5-6-16-31-25(29)20-9-11-22(12-10-20)27-24(28)21(18-26)17-19-7-13-23(14-8-19)30-15-4-2/h7-14,17H,3-6,15-16H2,1-2H3,(H,27,28)/b21-17+. The maximum absolute atomic E-state index is 12.5. The van der Waals surface area contributed by atoms with Crippen LogP contribution in [0.2, 0.25) is 0 Å². The van der Waals surface area contributed by atoms with E-state index in [0.29, 0.717) is 24.5 Å². The minimum Gasteiger partial charge on any atom is -0.494 e. The molecule has 162 valence electrons. The van der Waals surface area contributed by atoms with E-state index in [0.717, 1.165) is 37.0 Å². The van der Waals surface area contributed by atoms with Gasteiger partial charge in [0.15, 0.2) is 0 Å². The zero-order valence-corrected chi connectivity index (χ0v) is 18.0. The Balaban J connectivity index is 1.96. The van der Waals surface area contributed by atoms with Crippen molar-refractivity contribution in [2.45, 2.75) is 39.5 Å². The van der Waals surface area contributed by atoms with Crippen molar-refractivity contribution in [3.63, 3.8) is 0 Å². The molecule has 0 aliphatic rings. The summed E-state index contributed by atoms with van der Waals surface area (Å²) in [6.45, 7) is 5.15. The molecule has 0 unspecified atom stereocenters. The van der Waals surface area contributed by atoms with Crippen molar-refractivity contribution in [3.05, 3.63) is 65.2 Å². The molecule has 0 fully saturated rings. The third-order valence-electron chi connectivity index (χ3n) is 4.39. The molecule has 0 bridgehead atoms. The van der Waals surface area contributed by atoms with Gasteiger partial charge in [-0.25, -0.2) is 4.79 Å². The molecule has 2 rings (SSSR count). The van der Waals surface area contributed by atoms with Crippen molar-refractivity contribution in [3.8, 4) is 11.8 Å². The first-order valence-corrected chi connectivity index (χ1v) is 10.5. The molecule has 0 saturated carbocycles. The summed E-state index contributed by atoms with van der Waals surface area (Å²) < 4.78 is 10.7. The molecular formula is C25H28N2O4. The lowest BCUT2D eigenvalue weighted by molar-refractivity contribution is -0.112. The van der Waals surface area contributed by atoms with Crippen molar-refractivity contribution in [2.24, 2.45) is 0 Å². The van der Waals surface area contributed by atoms with Crippen molar-refractivity contribution in [1.82, 2.24) is 0 Å². The molecule has 6 nitrogen and oxygen atoms in total. The van der Waals surface area contributed by atoms with E-state index < -0.39 is 11.9 Å². The highest BCUT2D eigenvalue weighted by Crippen LogP contribution is 2.16. The Morgan fingerprint density at radius 3 is 2.29 bits per heavy atom. The van der Waals surface area contributed by atoms with Crippen LogP contribution in [0.3, 0.4) is 0 Å².